The summed E-state index contributed by atoms with van der Waals surface area (Å²) >= 11 is 6.11. The number of carbonyl (C=O) groups excluding carboxylic acids is 1. The Morgan fingerprint density at radius 3 is 3.05 bits per heavy atom. The largest absolute Gasteiger partial charge is 0.379 e. The van der Waals surface area contributed by atoms with Crippen LogP contribution >= 0.6 is 11.6 Å². The number of fused-ring (bicyclic) bond motifs is 1. The second-order valence-electron chi connectivity index (χ2n) is 4.55. The van der Waals surface area contributed by atoms with Crippen LogP contribution in [-0.4, -0.2) is 30.1 Å². The highest BCUT2D eigenvalue weighted by molar-refractivity contribution is 6.34. The van der Waals surface area contributed by atoms with Gasteiger partial charge < -0.3 is 10.1 Å². The number of nitrogens with zero attached hydrogens (tertiary/aromatic N) is 1. The van der Waals surface area contributed by atoms with Crippen LogP contribution in [-0.2, 0) is 4.74 Å². The fourth-order valence-corrected chi connectivity index (χ4v) is 2.44. The number of carbonyl (C=O) groups is 1. The molecule has 0 saturated carbocycles. The van der Waals surface area contributed by atoms with E-state index in [2.05, 4.69) is 10.3 Å². The minimum Gasteiger partial charge on any atom is -0.379 e. The second kappa shape index (κ2) is 5.15. The van der Waals surface area contributed by atoms with Crippen LogP contribution in [0, 0.1) is 0 Å². The molecule has 1 atom stereocenters. The summed E-state index contributed by atoms with van der Waals surface area (Å²) in [6, 6.07) is 9.43. The molecule has 98 valence electrons. The van der Waals surface area contributed by atoms with E-state index in [1.807, 2.05) is 24.3 Å². The molecule has 0 bridgehead atoms. The van der Waals surface area contributed by atoms with Crippen molar-refractivity contribution in [2.75, 3.05) is 13.2 Å². The highest BCUT2D eigenvalue weighted by Crippen LogP contribution is 2.22. The molecule has 0 spiro atoms. The van der Waals surface area contributed by atoms with Crippen LogP contribution in [0.1, 0.15) is 16.9 Å². The third-order valence-electron chi connectivity index (χ3n) is 3.19. The van der Waals surface area contributed by atoms with Crippen LogP contribution in [0.5, 0.6) is 0 Å². The Bertz CT molecular complexity index is 624. The summed E-state index contributed by atoms with van der Waals surface area (Å²) in [6.07, 6.45) is 0.840. The Kier molecular flexibility index (Phi) is 3.36. The summed E-state index contributed by atoms with van der Waals surface area (Å²) < 4.78 is 5.23. The topological polar surface area (TPSA) is 51.2 Å². The van der Waals surface area contributed by atoms with E-state index >= 15 is 0 Å². The lowest BCUT2D eigenvalue weighted by Gasteiger charge is -2.11. The van der Waals surface area contributed by atoms with Crippen molar-refractivity contribution in [1.29, 1.82) is 0 Å². The van der Waals surface area contributed by atoms with E-state index < -0.39 is 0 Å². The first-order chi connectivity index (χ1) is 9.24. The van der Waals surface area contributed by atoms with E-state index in [1.165, 1.54) is 0 Å². The van der Waals surface area contributed by atoms with Gasteiger partial charge >= 0.3 is 0 Å². The van der Waals surface area contributed by atoms with Gasteiger partial charge in [-0.25, -0.2) is 4.98 Å². The molecule has 1 aromatic heterocycles. The SMILES string of the molecule is O=C(NC1CCOC1)c1cc2ccccc2c(Cl)n1. The van der Waals surface area contributed by atoms with Gasteiger partial charge in [0, 0.05) is 12.0 Å². The molecule has 4 nitrogen and oxygen atoms in total. The molecular formula is C14H13ClN2O2. The predicted octanol–water partition coefficient (Wildman–Crippen LogP) is 2.41. The number of rotatable bonds is 2. The molecule has 1 saturated heterocycles. The van der Waals surface area contributed by atoms with Gasteiger partial charge in [0.15, 0.2) is 0 Å². The van der Waals surface area contributed by atoms with Crippen LogP contribution in [0.3, 0.4) is 0 Å². The van der Waals surface area contributed by atoms with Gasteiger partial charge in [-0.2, -0.15) is 0 Å². The van der Waals surface area contributed by atoms with Crippen LogP contribution in [0.4, 0.5) is 0 Å². The number of amides is 1. The number of benzene rings is 1. The third kappa shape index (κ3) is 2.55. The maximum absolute atomic E-state index is 12.1. The molecule has 1 amide bonds. The molecule has 1 fully saturated rings. The molecule has 0 aliphatic carbocycles. The van der Waals surface area contributed by atoms with Crippen LogP contribution in [0.25, 0.3) is 10.8 Å². The minimum absolute atomic E-state index is 0.0690. The van der Waals surface area contributed by atoms with Gasteiger partial charge in [-0.15, -0.1) is 0 Å². The smallest absolute Gasteiger partial charge is 0.270 e. The van der Waals surface area contributed by atoms with Crippen LogP contribution < -0.4 is 5.32 Å². The lowest BCUT2D eigenvalue weighted by atomic mass is 10.1. The molecule has 1 aliphatic rings. The van der Waals surface area contributed by atoms with Crippen molar-refractivity contribution >= 4 is 28.3 Å². The van der Waals surface area contributed by atoms with E-state index in [1.54, 1.807) is 6.07 Å². The van der Waals surface area contributed by atoms with E-state index in [0.29, 0.717) is 24.1 Å². The highest BCUT2D eigenvalue weighted by Gasteiger charge is 2.19. The summed E-state index contributed by atoms with van der Waals surface area (Å²) in [7, 11) is 0. The summed E-state index contributed by atoms with van der Waals surface area (Å²) in [5.74, 6) is -0.205. The number of hydrogen-bond donors (Lipinski definition) is 1. The maximum atomic E-state index is 12.1. The molecule has 1 unspecified atom stereocenters. The van der Waals surface area contributed by atoms with Gasteiger partial charge in [0.1, 0.15) is 10.8 Å². The van der Waals surface area contributed by atoms with Crippen molar-refractivity contribution in [1.82, 2.24) is 10.3 Å². The lowest BCUT2D eigenvalue weighted by Crippen LogP contribution is -2.35. The Labute approximate surface area is 115 Å². The molecule has 2 heterocycles. The lowest BCUT2D eigenvalue weighted by molar-refractivity contribution is 0.0925. The molecule has 5 heteroatoms. The van der Waals surface area contributed by atoms with Crippen molar-refractivity contribution in [2.24, 2.45) is 0 Å². The molecular weight excluding hydrogens is 264 g/mol. The zero-order valence-corrected chi connectivity index (χ0v) is 11.0. The average molecular weight is 277 g/mol. The third-order valence-corrected chi connectivity index (χ3v) is 3.48. The van der Waals surface area contributed by atoms with E-state index in [4.69, 9.17) is 16.3 Å². The van der Waals surface area contributed by atoms with Crippen molar-refractivity contribution in [3.63, 3.8) is 0 Å². The van der Waals surface area contributed by atoms with Gasteiger partial charge in [0.25, 0.3) is 5.91 Å². The van der Waals surface area contributed by atoms with E-state index in [9.17, 15) is 4.79 Å². The van der Waals surface area contributed by atoms with Gasteiger partial charge in [0.2, 0.25) is 0 Å². The summed E-state index contributed by atoms with van der Waals surface area (Å²) in [5, 5.41) is 5.02. The Balaban J connectivity index is 1.89. The van der Waals surface area contributed by atoms with Crippen molar-refractivity contribution in [3.8, 4) is 0 Å². The molecule has 3 rings (SSSR count). The van der Waals surface area contributed by atoms with E-state index in [0.717, 1.165) is 17.2 Å². The standard InChI is InChI=1S/C14H13ClN2O2/c15-13-11-4-2-1-3-9(11)7-12(17-13)14(18)16-10-5-6-19-8-10/h1-4,7,10H,5-6,8H2,(H,16,18). The molecule has 1 N–H and O–H groups in total. The molecule has 19 heavy (non-hydrogen) atoms. The Hall–Kier alpha value is -1.65. The molecule has 1 aliphatic heterocycles. The van der Waals surface area contributed by atoms with Gasteiger partial charge in [0.05, 0.1) is 12.6 Å². The first kappa shape index (κ1) is 12.4. The number of aromatic nitrogens is 1. The van der Waals surface area contributed by atoms with Crippen LogP contribution in [0.15, 0.2) is 30.3 Å². The highest BCUT2D eigenvalue weighted by atomic mass is 35.5. The average Bonchev–Trinajstić information content (AvgIpc) is 2.91. The van der Waals surface area contributed by atoms with Crippen molar-refractivity contribution < 1.29 is 9.53 Å². The zero-order chi connectivity index (χ0) is 13.2. The minimum atomic E-state index is -0.205. The number of nitrogens with one attached hydrogen (secondary N) is 1. The number of hydrogen-bond acceptors (Lipinski definition) is 3. The van der Waals surface area contributed by atoms with Gasteiger partial charge in [-0.1, -0.05) is 35.9 Å². The Morgan fingerprint density at radius 1 is 1.42 bits per heavy atom. The van der Waals surface area contributed by atoms with Crippen molar-refractivity contribution in [2.45, 2.75) is 12.5 Å². The predicted molar refractivity (Wildman–Crippen MR) is 73.4 cm³/mol. The summed E-state index contributed by atoms with van der Waals surface area (Å²) in [6.45, 7) is 1.25. The molecule has 1 aromatic carbocycles. The summed E-state index contributed by atoms with van der Waals surface area (Å²) in [5.41, 5.74) is 0.343. The molecule has 0 radical (unpaired) electrons. The molecule has 2 aromatic rings. The van der Waals surface area contributed by atoms with Gasteiger partial charge in [-0.05, 0) is 17.9 Å². The first-order valence-electron chi connectivity index (χ1n) is 6.18. The number of pyridine rings is 1. The van der Waals surface area contributed by atoms with Crippen molar-refractivity contribution in [3.05, 3.63) is 41.2 Å². The maximum Gasteiger partial charge on any atom is 0.270 e. The summed E-state index contributed by atoms with van der Waals surface area (Å²) in [4.78, 5) is 16.3. The first-order valence-corrected chi connectivity index (χ1v) is 6.56. The number of ether oxygens (including phenoxy) is 1. The second-order valence-corrected chi connectivity index (χ2v) is 4.91. The quantitative estimate of drug-likeness (QED) is 0.857. The normalized spacial score (nSPS) is 18.7. The van der Waals surface area contributed by atoms with Gasteiger partial charge in [-0.3, -0.25) is 4.79 Å². The zero-order valence-electron chi connectivity index (χ0n) is 10.2. The number of halogens is 1. The van der Waals surface area contributed by atoms with Crippen LogP contribution in [0.2, 0.25) is 5.15 Å². The monoisotopic (exact) mass is 276 g/mol. The fourth-order valence-electron chi connectivity index (χ4n) is 2.18. The fraction of sp³-hybridized carbons (Fsp3) is 0.286. The Morgan fingerprint density at radius 2 is 2.26 bits per heavy atom. The van der Waals surface area contributed by atoms with E-state index in [-0.39, 0.29) is 11.9 Å².